The molecule has 0 fully saturated rings. The minimum atomic E-state index is -0.414. The van der Waals surface area contributed by atoms with Crippen LogP contribution in [0, 0.1) is 10.1 Å². The highest BCUT2D eigenvalue weighted by molar-refractivity contribution is 8.00. The van der Waals surface area contributed by atoms with Crippen LogP contribution in [-0.2, 0) is 5.75 Å². The maximum Gasteiger partial charge on any atom is 0.270 e. The van der Waals surface area contributed by atoms with Crippen molar-refractivity contribution in [2.24, 2.45) is 0 Å². The highest BCUT2D eigenvalue weighted by atomic mass is 35.5. The van der Waals surface area contributed by atoms with Crippen molar-refractivity contribution < 1.29 is 9.45 Å². The van der Waals surface area contributed by atoms with Gasteiger partial charge < -0.3 is 4.52 Å². The molecule has 0 aliphatic carbocycles. The molecule has 0 unspecified atom stereocenters. The van der Waals surface area contributed by atoms with Gasteiger partial charge in [0.2, 0.25) is 11.7 Å². The Balaban J connectivity index is 1.48. The van der Waals surface area contributed by atoms with Crippen LogP contribution in [0.25, 0.3) is 21.6 Å². The van der Waals surface area contributed by atoms with Crippen LogP contribution in [0.2, 0.25) is 5.02 Å². The molecule has 26 heavy (non-hydrogen) atoms. The summed E-state index contributed by atoms with van der Waals surface area (Å²) in [5.41, 5.74) is 1.61. The zero-order chi connectivity index (χ0) is 18.1. The lowest BCUT2D eigenvalue weighted by Crippen LogP contribution is -1.85. The van der Waals surface area contributed by atoms with Crippen LogP contribution in [0.15, 0.2) is 51.3 Å². The molecule has 7 nitrogen and oxygen atoms in total. The van der Waals surface area contributed by atoms with Gasteiger partial charge in [-0.15, -0.1) is 11.3 Å². The molecule has 4 rings (SSSR count). The number of aromatic nitrogens is 3. The largest absolute Gasteiger partial charge is 0.338 e. The number of nitro groups is 1. The molecule has 0 bridgehead atoms. The number of rotatable bonds is 5. The first-order valence-electron chi connectivity index (χ1n) is 7.35. The van der Waals surface area contributed by atoms with Gasteiger partial charge in [0.25, 0.3) is 5.69 Å². The first kappa shape index (κ1) is 17.0. The second kappa shape index (κ2) is 7.02. The van der Waals surface area contributed by atoms with Crippen LogP contribution in [0.1, 0.15) is 5.89 Å². The first-order valence-corrected chi connectivity index (χ1v) is 9.53. The van der Waals surface area contributed by atoms with Gasteiger partial charge in [0.05, 0.1) is 20.9 Å². The zero-order valence-electron chi connectivity index (χ0n) is 13.0. The van der Waals surface area contributed by atoms with E-state index in [0.29, 0.717) is 22.5 Å². The summed E-state index contributed by atoms with van der Waals surface area (Å²) in [6, 6.07) is 11.8. The SMILES string of the molecule is O=[N+]([O-])c1ccc2nc(SCc3nc(-c4ccc(Cl)cc4)no3)sc2c1. The minimum absolute atomic E-state index is 0.0576. The minimum Gasteiger partial charge on any atom is -0.338 e. The molecule has 0 aliphatic rings. The maximum atomic E-state index is 10.8. The van der Waals surface area contributed by atoms with Gasteiger partial charge >= 0.3 is 0 Å². The third-order valence-corrected chi connectivity index (χ3v) is 5.85. The Morgan fingerprint density at radius 2 is 2.00 bits per heavy atom. The number of nitro benzene ring substituents is 1. The summed E-state index contributed by atoms with van der Waals surface area (Å²) in [4.78, 5) is 19.3. The Bertz CT molecular complexity index is 1090. The summed E-state index contributed by atoms with van der Waals surface area (Å²) < 4.78 is 6.82. The van der Waals surface area contributed by atoms with E-state index in [4.69, 9.17) is 16.1 Å². The molecule has 2 heterocycles. The Kier molecular flexibility index (Phi) is 4.58. The smallest absolute Gasteiger partial charge is 0.270 e. The quantitative estimate of drug-likeness (QED) is 0.256. The number of fused-ring (bicyclic) bond motifs is 1. The molecule has 0 atom stereocenters. The topological polar surface area (TPSA) is 95.0 Å². The van der Waals surface area contributed by atoms with Gasteiger partial charge in [-0.25, -0.2) is 4.98 Å². The number of halogens is 1. The van der Waals surface area contributed by atoms with Crippen LogP contribution < -0.4 is 0 Å². The van der Waals surface area contributed by atoms with Crippen molar-refractivity contribution in [2.45, 2.75) is 10.1 Å². The average molecular weight is 405 g/mol. The second-order valence-corrected chi connectivity index (χ2v) is 7.89. The lowest BCUT2D eigenvalue weighted by atomic mass is 10.2. The monoisotopic (exact) mass is 404 g/mol. The number of hydrogen-bond donors (Lipinski definition) is 0. The number of non-ortho nitro benzene ring substituents is 1. The van der Waals surface area contributed by atoms with Crippen LogP contribution in [-0.4, -0.2) is 20.0 Å². The second-order valence-electron chi connectivity index (χ2n) is 5.20. The third-order valence-electron chi connectivity index (χ3n) is 3.45. The number of thioether (sulfide) groups is 1. The molecule has 0 amide bonds. The highest BCUT2D eigenvalue weighted by Gasteiger charge is 2.13. The Morgan fingerprint density at radius 1 is 1.19 bits per heavy atom. The fourth-order valence-corrected chi connectivity index (χ4v) is 4.29. The summed E-state index contributed by atoms with van der Waals surface area (Å²) >= 11 is 8.71. The van der Waals surface area contributed by atoms with Gasteiger partial charge in [-0.1, -0.05) is 28.5 Å². The van der Waals surface area contributed by atoms with Crippen molar-refractivity contribution in [3.05, 3.63) is 63.5 Å². The van der Waals surface area contributed by atoms with Crippen molar-refractivity contribution in [2.75, 3.05) is 0 Å². The predicted octanol–water partition coefficient (Wildman–Crippen LogP) is 5.20. The van der Waals surface area contributed by atoms with Crippen molar-refractivity contribution in [1.82, 2.24) is 15.1 Å². The normalized spacial score (nSPS) is 11.1. The summed E-state index contributed by atoms with van der Waals surface area (Å²) in [6.45, 7) is 0. The summed E-state index contributed by atoms with van der Waals surface area (Å²) in [5.74, 6) is 1.44. The predicted molar refractivity (Wildman–Crippen MR) is 101 cm³/mol. The van der Waals surface area contributed by atoms with Gasteiger partial charge in [-0.3, -0.25) is 10.1 Å². The fourth-order valence-electron chi connectivity index (χ4n) is 2.22. The van der Waals surface area contributed by atoms with Gasteiger partial charge in [0.1, 0.15) is 0 Å². The molecule has 0 saturated heterocycles. The lowest BCUT2D eigenvalue weighted by molar-refractivity contribution is -0.384. The van der Waals surface area contributed by atoms with E-state index in [1.54, 1.807) is 18.2 Å². The molecular weight excluding hydrogens is 396 g/mol. The number of nitrogens with zero attached hydrogens (tertiary/aromatic N) is 4. The van der Waals surface area contributed by atoms with Gasteiger partial charge in [0.15, 0.2) is 4.34 Å². The molecule has 2 aromatic carbocycles. The van der Waals surface area contributed by atoms with E-state index in [1.807, 2.05) is 12.1 Å². The van der Waals surface area contributed by atoms with Crippen LogP contribution in [0.4, 0.5) is 5.69 Å². The Morgan fingerprint density at radius 3 is 2.77 bits per heavy atom. The number of hydrogen-bond acceptors (Lipinski definition) is 8. The Labute approximate surface area is 160 Å². The van der Waals surface area contributed by atoms with E-state index in [1.165, 1.54) is 35.2 Å². The molecule has 0 spiro atoms. The van der Waals surface area contributed by atoms with Crippen molar-refractivity contribution in [3.8, 4) is 11.4 Å². The molecule has 0 radical (unpaired) electrons. The standard InChI is InChI=1S/C16H9ClN4O3S2/c17-10-3-1-9(2-4-10)15-19-14(24-20-15)8-25-16-18-12-6-5-11(21(22)23)7-13(12)26-16/h1-7H,8H2. The van der Waals surface area contributed by atoms with Crippen LogP contribution in [0.5, 0.6) is 0 Å². The van der Waals surface area contributed by atoms with Crippen molar-refractivity contribution >= 4 is 50.6 Å². The molecular formula is C16H9ClN4O3S2. The number of benzene rings is 2. The summed E-state index contributed by atoms with van der Waals surface area (Å²) in [5, 5.41) is 15.5. The summed E-state index contributed by atoms with van der Waals surface area (Å²) in [6.07, 6.45) is 0. The number of thiazole rings is 1. The van der Waals surface area contributed by atoms with E-state index in [9.17, 15) is 10.1 Å². The van der Waals surface area contributed by atoms with E-state index in [-0.39, 0.29) is 5.69 Å². The van der Waals surface area contributed by atoms with E-state index < -0.39 is 4.92 Å². The van der Waals surface area contributed by atoms with E-state index in [0.717, 1.165) is 20.1 Å². The zero-order valence-corrected chi connectivity index (χ0v) is 15.3. The summed E-state index contributed by atoms with van der Waals surface area (Å²) in [7, 11) is 0. The Hall–Kier alpha value is -2.49. The molecule has 2 aromatic heterocycles. The lowest BCUT2D eigenvalue weighted by Gasteiger charge is -1.93. The van der Waals surface area contributed by atoms with Crippen molar-refractivity contribution in [1.29, 1.82) is 0 Å². The third kappa shape index (κ3) is 3.55. The molecule has 130 valence electrons. The van der Waals surface area contributed by atoms with Crippen LogP contribution in [0.3, 0.4) is 0 Å². The molecule has 4 aromatic rings. The first-order chi connectivity index (χ1) is 12.6. The molecule has 0 saturated carbocycles. The highest BCUT2D eigenvalue weighted by Crippen LogP contribution is 2.33. The molecule has 10 heteroatoms. The van der Waals surface area contributed by atoms with Gasteiger partial charge in [0, 0.05) is 22.7 Å². The maximum absolute atomic E-state index is 10.8. The van der Waals surface area contributed by atoms with Gasteiger partial charge in [-0.2, -0.15) is 4.98 Å². The molecule has 0 aliphatic heterocycles. The molecule has 0 N–H and O–H groups in total. The van der Waals surface area contributed by atoms with E-state index in [2.05, 4.69) is 15.1 Å². The van der Waals surface area contributed by atoms with Gasteiger partial charge in [-0.05, 0) is 30.3 Å². The average Bonchev–Trinajstić information content (AvgIpc) is 3.26. The van der Waals surface area contributed by atoms with E-state index >= 15 is 0 Å². The van der Waals surface area contributed by atoms with Crippen molar-refractivity contribution in [3.63, 3.8) is 0 Å². The fraction of sp³-hybridized carbons (Fsp3) is 0.0625. The van der Waals surface area contributed by atoms with Crippen LogP contribution >= 0.6 is 34.7 Å².